The molecular formula is C33H29Cl2N3O4S. The van der Waals surface area contributed by atoms with E-state index in [1.54, 1.807) is 91.9 Å². The number of rotatable bonds is 11. The average molecular weight is 635 g/mol. The zero-order chi connectivity index (χ0) is 30.8. The number of anilines is 2. The lowest BCUT2D eigenvalue weighted by atomic mass is 10.1. The minimum Gasteiger partial charge on any atom is -0.493 e. The molecule has 0 saturated heterocycles. The van der Waals surface area contributed by atoms with E-state index in [2.05, 4.69) is 16.0 Å². The highest BCUT2D eigenvalue weighted by Crippen LogP contribution is 2.28. The first-order valence-corrected chi connectivity index (χ1v) is 15.0. The molecule has 4 aromatic carbocycles. The molecule has 0 saturated carbocycles. The van der Waals surface area contributed by atoms with Crippen molar-refractivity contribution in [1.82, 2.24) is 5.32 Å². The summed E-state index contributed by atoms with van der Waals surface area (Å²) in [5.74, 6) is -0.557. The van der Waals surface area contributed by atoms with Crippen LogP contribution in [0.2, 0.25) is 10.0 Å². The number of hydrogen-bond acceptors (Lipinski definition) is 5. The van der Waals surface area contributed by atoms with Crippen molar-refractivity contribution in [3.8, 4) is 5.75 Å². The fourth-order valence-corrected chi connectivity index (χ4v) is 5.32. The average Bonchev–Trinajstić information content (AvgIpc) is 2.98. The fraction of sp³-hybridized carbons (Fsp3) is 0.121. The van der Waals surface area contributed by atoms with Gasteiger partial charge in [-0.2, -0.15) is 0 Å². The van der Waals surface area contributed by atoms with Crippen molar-refractivity contribution >= 4 is 70.1 Å². The number of carbonyl (C=O) groups excluding carboxylic acids is 3. The summed E-state index contributed by atoms with van der Waals surface area (Å²) in [6, 6.07) is 27.8. The van der Waals surface area contributed by atoms with Crippen LogP contribution in [0, 0.1) is 0 Å². The Hall–Kier alpha value is -4.24. The van der Waals surface area contributed by atoms with Gasteiger partial charge in [-0.1, -0.05) is 59.6 Å². The molecule has 0 fully saturated rings. The summed E-state index contributed by atoms with van der Waals surface area (Å²) in [5.41, 5.74) is 2.13. The Kier molecular flexibility index (Phi) is 11.3. The molecule has 4 aromatic rings. The second-order valence-corrected chi connectivity index (χ2v) is 11.5. The second-order valence-electron chi connectivity index (χ2n) is 9.23. The van der Waals surface area contributed by atoms with Crippen molar-refractivity contribution in [3.63, 3.8) is 0 Å². The predicted octanol–water partition coefficient (Wildman–Crippen LogP) is 7.92. The first kappa shape index (κ1) is 31.7. The van der Waals surface area contributed by atoms with Crippen LogP contribution < -0.4 is 20.7 Å². The molecule has 0 aliphatic rings. The summed E-state index contributed by atoms with van der Waals surface area (Å²) >= 11 is 13.4. The van der Waals surface area contributed by atoms with Gasteiger partial charge in [-0.25, -0.2) is 0 Å². The largest absolute Gasteiger partial charge is 0.493 e. The molecule has 0 aliphatic carbocycles. The molecule has 1 unspecified atom stereocenters. The van der Waals surface area contributed by atoms with Gasteiger partial charge in [0.05, 0.1) is 11.9 Å². The van der Waals surface area contributed by atoms with Gasteiger partial charge in [-0.3, -0.25) is 14.4 Å². The van der Waals surface area contributed by atoms with E-state index in [-0.39, 0.29) is 11.6 Å². The number of halogens is 2. The molecule has 0 heterocycles. The third-order valence-corrected chi connectivity index (χ3v) is 7.52. The number of thioether (sulfide) groups is 1. The summed E-state index contributed by atoms with van der Waals surface area (Å²) in [5, 5.41) is 8.83. The van der Waals surface area contributed by atoms with Gasteiger partial charge < -0.3 is 20.7 Å². The smallest absolute Gasteiger partial charge is 0.272 e. The third kappa shape index (κ3) is 9.38. The van der Waals surface area contributed by atoms with Crippen LogP contribution in [0.25, 0.3) is 6.08 Å². The van der Waals surface area contributed by atoms with Crippen LogP contribution in [0.1, 0.15) is 29.8 Å². The van der Waals surface area contributed by atoms with Crippen molar-refractivity contribution in [2.24, 2.45) is 0 Å². The molecule has 0 aliphatic heterocycles. The van der Waals surface area contributed by atoms with Gasteiger partial charge in [-0.05, 0) is 80.6 Å². The van der Waals surface area contributed by atoms with Crippen molar-refractivity contribution in [2.75, 3.05) is 17.2 Å². The Morgan fingerprint density at radius 2 is 1.49 bits per heavy atom. The molecule has 0 aromatic heterocycles. The first-order chi connectivity index (χ1) is 20.7. The topological polar surface area (TPSA) is 96.5 Å². The third-order valence-electron chi connectivity index (χ3n) is 5.97. The van der Waals surface area contributed by atoms with Crippen LogP contribution in [0.5, 0.6) is 5.75 Å². The Morgan fingerprint density at radius 3 is 2.16 bits per heavy atom. The Balaban J connectivity index is 1.46. The minimum atomic E-state index is -0.510. The van der Waals surface area contributed by atoms with Gasteiger partial charge in [0.1, 0.15) is 11.4 Å². The highest BCUT2D eigenvalue weighted by atomic mass is 35.5. The van der Waals surface area contributed by atoms with Gasteiger partial charge in [0, 0.05) is 37.4 Å². The predicted molar refractivity (Wildman–Crippen MR) is 175 cm³/mol. The van der Waals surface area contributed by atoms with Crippen molar-refractivity contribution < 1.29 is 19.1 Å². The van der Waals surface area contributed by atoms with Gasteiger partial charge in [-0.15, -0.1) is 11.8 Å². The molecule has 10 heteroatoms. The summed E-state index contributed by atoms with van der Waals surface area (Å²) < 4.78 is 5.70. The SMILES string of the molecule is CCOc1ccccc1/C=C(\NC(=O)c1ccccc1)C(=O)Nc1ccc(SC(C)C(=O)Nc2cc(Cl)cc(Cl)c2)cc1. The van der Waals surface area contributed by atoms with E-state index in [1.165, 1.54) is 11.8 Å². The van der Waals surface area contributed by atoms with Crippen molar-refractivity contribution in [2.45, 2.75) is 24.0 Å². The Bertz CT molecular complexity index is 1610. The lowest BCUT2D eigenvalue weighted by Gasteiger charge is -2.14. The number of nitrogens with one attached hydrogen (secondary N) is 3. The summed E-state index contributed by atoms with van der Waals surface area (Å²) in [6.45, 7) is 4.10. The van der Waals surface area contributed by atoms with E-state index in [1.807, 2.05) is 25.1 Å². The molecule has 220 valence electrons. The van der Waals surface area contributed by atoms with Crippen LogP contribution in [0.4, 0.5) is 11.4 Å². The molecular weight excluding hydrogens is 605 g/mol. The molecule has 4 rings (SSSR count). The number of hydrogen-bond donors (Lipinski definition) is 3. The number of ether oxygens (including phenoxy) is 1. The highest BCUT2D eigenvalue weighted by molar-refractivity contribution is 8.00. The van der Waals surface area contributed by atoms with E-state index in [4.69, 9.17) is 27.9 Å². The van der Waals surface area contributed by atoms with Gasteiger partial charge in [0.2, 0.25) is 5.91 Å². The van der Waals surface area contributed by atoms with Crippen LogP contribution in [0.15, 0.2) is 108 Å². The number of amides is 3. The Morgan fingerprint density at radius 1 is 0.837 bits per heavy atom. The minimum absolute atomic E-state index is 0.0471. The molecule has 3 N–H and O–H groups in total. The van der Waals surface area contributed by atoms with Crippen LogP contribution in [-0.2, 0) is 9.59 Å². The molecule has 7 nitrogen and oxygen atoms in total. The van der Waals surface area contributed by atoms with Crippen molar-refractivity contribution in [3.05, 3.63) is 124 Å². The van der Waals surface area contributed by atoms with E-state index in [9.17, 15) is 14.4 Å². The molecule has 0 bridgehead atoms. The van der Waals surface area contributed by atoms with Crippen LogP contribution in [0.3, 0.4) is 0 Å². The lowest BCUT2D eigenvalue weighted by Crippen LogP contribution is -2.30. The normalized spacial score (nSPS) is 11.8. The molecule has 1 atom stereocenters. The monoisotopic (exact) mass is 633 g/mol. The molecule has 43 heavy (non-hydrogen) atoms. The van der Waals surface area contributed by atoms with Gasteiger partial charge in [0.25, 0.3) is 11.8 Å². The second kappa shape index (κ2) is 15.3. The first-order valence-electron chi connectivity index (χ1n) is 13.4. The quantitative estimate of drug-likeness (QED) is 0.115. The zero-order valence-corrected chi connectivity index (χ0v) is 25.7. The van der Waals surface area contributed by atoms with E-state index >= 15 is 0 Å². The fourth-order valence-electron chi connectivity index (χ4n) is 3.93. The lowest BCUT2D eigenvalue weighted by molar-refractivity contribution is -0.115. The summed E-state index contributed by atoms with van der Waals surface area (Å²) in [4.78, 5) is 39.9. The maximum Gasteiger partial charge on any atom is 0.272 e. The highest BCUT2D eigenvalue weighted by Gasteiger charge is 2.18. The van der Waals surface area contributed by atoms with Gasteiger partial charge in [0.15, 0.2) is 0 Å². The molecule has 0 spiro atoms. The van der Waals surface area contributed by atoms with Gasteiger partial charge >= 0.3 is 0 Å². The van der Waals surface area contributed by atoms with E-state index in [0.717, 1.165) is 4.90 Å². The Labute approximate surface area is 264 Å². The van der Waals surface area contributed by atoms with E-state index < -0.39 is 17.1 Å². The maximum absolute atomic E-state index is 13.4. The number of para-hydroxylation sites is 1. The van der Waals surface area contributed by atoms with Crippen LogP contribution in [-0.4, -0.2) is 29.6 Å². The number of benzene rings is 4. The number of carbonyl (C=O) groups is 3. The van der Waals surface area contributed by atoms with Crippen molar-refractivity contribution in [1.29, 1.82) is 0 Å². The van der Waals surface area contributed by atoms with E-state index in [0.29, 0.717) is 44.9 Å². The molecule has 0 radical (unpaired) electrons. The maximum atomic E-state index is 13.4. The zero-order valence-electron chi connectivity index (χ0n) is 23.4. The standard InChI is InChI=1S/C33H29Cl2N3O4S/c1-3-42-30-12-8-7-11-23(30)17-29(38-32(40)22-9-5-4-6-10-22)33(41)36-26-13-15-28(16-14-26)43-21(2)31(39)37-27-19-24(34)18-25(35)20-27/h4-21H,3H2,1-2H3,(H,36,41)(H,37,39)(H,38,40)/b29-17-. The van der Waals surface area contributed by atoms with Crippen LogP contribution >= 0.6 is 35.0 Å². The summed E-state index contributed by atoms with van der Waals surface area (Å²) in [6.07, 6.45) is 1.58. The summed E-state index contributed by atoms with van der Waals surface area (Å²) in [7, 11) is 0. The molecule has 3 amide bonds.